The third-order valence-electron chi connectivity index (χ3n) is 6.29. The van der Waals surface area contributed by atoms with Crippen molar-refractivity contribution in [3.63, 3.8) is 0 Å². The average molecular weight is 561 g/mol. The van der Waals surface area contributed by atoms with Gasteiger partial charge >= 0.3 is 6.18 Å². The molecule has 0 aromatic heterocycles. The molecule has 11 heteroatoms. The number of methoxy groups -OCH3 is 3. The Morgan fingerprint density at radius 1 is 0.923 bits per heavy atom. The van der Waals surface area contributed by atoms with Gasteiger partial charge in [0.25, 0.3) is 5.91 Å². The molecule has 3 aromatic rings. The van der Waals surface area contributed by atoms with Crippen LogP contribution in [0.3, 0.4) is 0 Å². The van der Waals surface area contributed by atoms with E-state index >= 15 is 0 Å². The Hall–Kier alpha value is -3.86. The van der Waals surface area contributed by atoms with Gasteiger partial charge in [0.2, 0.25) is 11.7 Å². The smallest absolute Gasteiger partial charge is 0.416 e. The molecule has 0 bridgehead atoms. The van der Waals surface area contributed by atoms with Crippen molar-refractivity contribution in [2.24, 2.45) is 0 Å². The summed E-state index contributed by atoms with van der Waals surface area (Å²) in [5, 5.41) is 2.13. The zero-order valence-corrected chi connectivity index (χ0v) is 22.5. The first kappa shape index (κ1) is 28.2. The molecule has 3 aromatic carbocycles. The van der Waals surface area contributed by atoms with E-state index in [0.717, 1.165) is 17.7 Å². The van der Waals surface area contributed by atoms with Crippen molar-refractivity contribution >= 4 is 29.3 Å². The van der Waals surface area contributed by atoms with Gasteiger partial charge in [-0.05, 0) is 48.9 Å². The number of halogens is 3. The minimum absolute atomic E-state index is 0.164. The number of carbonyl (C=O) groups is 2. The lowest BCUT2D eigenvalue weighted by atomic mass is 10.1. The predicted molar refractivity (Wildman–Crippen MR) is 143 cm³/mol. The van der Waals surface area contributed by atoms with Crippen molar-refractivity contribution in [3.8, 4) is 17.2 Å². The maximum absolute atomic E-state index is 14.0. The average Bonchev–Trinajstić information content (AvgIpc) is 3.38. The highest BCUT2D eigenvalue weighted by atomic mass is 32.2. The van der Waals surface area contributed by atoms with Gasteiger partial charge in [-0.25, -0.2) is 0 Å². The molecule has 4 rings (SSSR count). The largest absolute Gasteiger partial charge is 0.493 e. The van der Waals surface area contributed by atoms with Crippen LogP contribution >= 0.6 is 11.8 Å². The topological polar surface area (TPSA) is 77.1 Å². The molecular weight excluding hydrogens is 533 g/mol. The molecule has 39 heavy (non-hydrogen) atoms. The number of aryl methyl sites for hydroxylation is 1. The number of rotatable bonds is 7. The van der Waals surface area contributed by atoms with Crippen LogP contribution in [0.25, 0.3) is 0 Å². The molecule has 7 nitrogen and oxygen atoms in total. The van der Waals surface area contributed by atoms with E-state index in [-0.39, 0.29) is 22.8 Å². The van der Waals surface area contributed by atoms with Crippen LogP contribution in [-0.4, -0.2) is 49.8 Å². The lowest BCUT2D eigenvalue weighted by Crippen LogP contribution is -2.45. The van der Waals surface area contributed by atoms with Crippen molar-refractivity contribution in [2.75, 3.05) is 32.4 Å². The number of alkyl halides is 3. The molecule has 0 aliphatic carbocycles. The molecule has 0 spiro atoms. The van der Waals surface area contributed by atoms with Crippen LogP contribution in [0.4, 0.5) is 18.9 Å². The molecule has 2 unspecified atom stereocenters. The highest BCUT2D eigenvalue weighted by molar-refractivity contribution is 7.99. The van der Waals surface area contributed by atoms with Crippen molar-refractivity contribution < 1.29 is 37.0 Å². The fraction of sp³-hybridized carbons (Fsp3) is 0.286. The first-order chi connectivity index (χ1) is 18.6. The lowest BCUT2D eigenvalue weighted by molar-refractivity contribution is -0.137. The molecule has 1 heterocycles. The summed E-state index contributed by atoms with van der Waals surface area (Å²) in [4.78, 5) is 28.8. The third-order valence-corrected chi connectivity index (χ3v) is 7.61. The van der Waals surface area contributed by atoms with E-state index in [0.29, 0.717) is 17.0 Å². The van der Waals surface area contributed by atoms with Gasteiger partial charge in [-0.15, -0.1) is 11.8 Å². The summed E-state index contributed by atoms with van der Waals surface area (Å²) in [6, 6.07) is 13.9. The quantitative estimate of drug-likeness (QED) is 0.386. The summed E-state index contributed by atoms with van der Waals surface area (Å²) >= 11 is 1.29. The Balaban J connectivity index is 1.73. The third kappa shape index (κ3) is 5.93. The maximum Gasteiger partial charge on any atom is 0.416 e. The van der Waals surface area contributed by atoms with Gasteiger partial charge in [0.15, 0.2) is 11.5 Å². The number of nitrogens with zero attached hydrogens (tertiary/aromatic N) is 1. The molecule has 0 saturated carbocycles. The van der Waals surface area contributed by atoms with Crippen molar-refractivity contribution in [1.82, 2.24) is 4.90 Å². The molecule has 1 N–H and O–H groups in total. The Morgan fingerprint density at radius 2 is 1.51 bits per heavy atom. The Labute approximate surface area is 228 Å². The number of ether oxygens (including phenoxy) is 3. The zero-order chi connectivity index (χ0) is 28.3. The highest BCUT2D eigenvalue weighted by Gasteiger charge is 2.43. The van der Waals surface area contributed by atoms with Crippen LogP contribution in [0, 0.1) is 6.92 Å². The van der Waals surface area contributed by atoms with E-state index in [2.05, 4.69) is 5.32 Å². The van der Waals surface area contributed by atoms with E-state index in [1.807, 2.05) is 19.1 Å². The molecule has 2 amide bonds. The maximum atomic E-state index is 14.0. The number of thioether (sulfide) groups is 1. The van der Waals surface area contributed by atoms with Gasteiger partial charge in [0.05, 0.1) is 26.9 Å². The van der Waals surface area contributed by atoms with Crippen molar-refractivity contribution in [2.45, 2.75) is 24.5 Å². The standard InChI is InChI=1S/C28H27F3N2O5S/c1-16-5-11-20(12-6-16)32-25(34)21-15-39-27(17-7-9-19(10-8-17)28(29,30)31)33(21)26(35)18-13-22(36-2)24(38-4)23(14-18)37-3/h5-14,21,27H,15H2,1-4H3,(H,32,34). The van der Waals surface area contributed by atoms with Gasteiger partial charge < -0.3 is 24.4 Å². The van der Waals surface area contributed by atoms with Gasteiger partial charge in [0.1, 0.15) is 11.4 Å². The molecule has 1 aliphatic heterocycles. The summed E-state index contributed by atoms with van der Waals surface area (Å²) in [7, 11) is 4.27. The van der Waals surface area contributed by atoms with Gasteiger partial charge in [-0.2, -0.15) is 13.2 Å². The van der Waals surface area contributed by atoms with Crippen LogP contribution in [0.1, 0.15) is 32.4 Å². The predicted octanol–water partition coefficient (Wildman–Crippen LogP) is 5.93. The van der Waals surface area contributed by atoms with Crippen LogP contribution in [0.15, 0.2) is 60.7 Å². The second-order valence-corrected chi connectivity index (χ2v) is 9.92. The first-order valence-corrected chi connectivity index (χ1v) is 12.9. The Bertz CT molecular complexity index is 1320. The van der Waals surface area contributed by atoms with Crippen LogP contribution < -0.4 is 19.5 Å². The zero-order valence-electron chi connectivity index (χ0n) is 21.7. The van der Waals surface area contributed by atoms with Crippen LogP contribution in [-0.2, 0) is 11.0 Å². The summed E-state index contributed by atoms with van der Waals surface area (Å²) in [5.41, 5.74) is 1.40. The summed E-state index contributed by atoms with van der Waals surface area (Å²) < 4.78 is 55.6. The van der Waals surface area contributed by atoms with E-state index < -0.39 is 35.0 Å². The van der Waals surface area contributed by atoms with Crippen LogP contribution in [0.5, 0.6) is 17.2 Å². The number of hydrogen-bond acceptors (Lipinski definition) is 6. The molecule has 1 aliphatic rings. The number of carbonyl (C=O) groups excluding carboxylic acids is 2. The van der Waals surface area contributed by atoms with Gasteiger partial charge in [0, 0.05) is 17.0 Å². The number of anilines is 1. The van der Waals surface area contributed by atoms with Crippen molar-refractivity contribution in [1.29, 1.82) is 0 Å². The minimum Gasteiger partial charge on any atom is -0.493 e. The molecule has 206 valence electrons. The number of hydrogen-bond donors (Lipinski definition) is 1. The van der Waals surface area contributed by atoms with E-state index in [1.54, 1.807) is 12.1 Å². The Morgan fingerprint density at radius 3 is 2.03 bits per heavy atom. The summed E-state index contributed by atoms with van der Waals surface area (Å²) in [5.74, 6) is 0.0900. The van der Waals surface area contributed by atoms with Gasteiger partial charge in [-0.3, -0.25) is 9.59 Å². The van der Waals surface area contributed by atoms with Gasteiger partial charge in [-0.1, -0.05) is 29.8 Å². The second kappa shape index (κ2) is 11.5. The summed E-state index contributed by atoms with van der Waals surface area (Å²) in [6.07, 6.45) is -4.50. The van der Waals surface area contributed by atoms with E-state index in [4.69, 9.17) is 14.2 Å². The lowest BCUT2D eigenvalue weighted by Gasteiger charge is -2.29. The number of amides is 2. The van der Waals surface area contributed by atoms with E-state index in [1.165, 1.54) is 62.3 Å². The molecule has 1 fully saturated rings. The van der Waals surface area contributed by atoms with E-state index in [9.17, 15) is 22.8 Å². The fourth-order valence-corrected chi connectivity index (χ4v) is 5.70. The Kier molecular flexibility index (Phi) is 8.29. The number of nitrogens with one attached hydrogen (secondary N) is 1. The monoisotopic (exact) mass is 560 g/mol. The minimum atomic E-state index is -4.50. The highest BCUT2D eigenvalue weighted by Crippen LogP contribution is 2.45. The normalized spacial score (nSPS) is 17.1. The van der Waals surface area contributed by atoms with Crippen LogP contribution in [0.2, 0.25) is 0 Å². The van der Waals surface area contributed by atoms with Crippen molar-refractivity contribution in [3.05, 3.63) is 82.9 Å². The summed E-state index contributed by atoms with van der Waals surface area (Å²) in [6.45, 7) is 1.92. The molecule has 0 radical (unpaired) electrons. The molecule has 1 saturated heterocycles. The molecular formula is C28H27F3N2O5S. The molecule has 2 atom stereocenters. The SMILES string of the molecule is COc1cc(C(=O)N2C(C(=O)Nc3ccc(C)cc3)CSC2c2ccc(C(F)(F)F)cc2)cc(OC)c1OC. The number of benzene rings is 3. The fourth-order valence-electron chi connectivity index (χ4n) is 4.27. The second-order valence-electron chi connectivity index (χ2n) is 8.80. The first-order valence-electron chi connectivity index (χ1n) is 11.9.